The number of hydrogen-bond acceptors (Lipinski definition) is 6. The number of furan rings is 1. The van der Waals surface area contributed by atoms with Gasteiger partial charge in [0.15, 0.2) is 0 Å². The second kappa shape index (κ2) is 10.2. The van der Waals surface area contributed by atoms with Crippen molar-refractivity contribution in [1.82, 2.24) is 15.6 Å². The van der Waals surface area contributed by atoms with Gasteiger partial charge in [-0.25, -0.2) is 8.42 Å². The summed E-state index contributed by atoms with van der Waals surface area (Å²) in [5.74, 6) is 0.334. The largest absolute Gasteiger partial charge is 0.466 e. The maximum absolute atomic E-state index is 13.0. The van der Waals surface area contributed by atoms with Crippen molar-refractivity contribution in [3.05, 3.63) is 65.6 Å². The van der Waals surface area contributed by atoms with Gasteiger partial charge in [-0.3, -0.25) is 20.4 Å². The fraction of sp³-hybridized carbons (Fsp3) is 0.273. The summed E-state index contributed by atoms with van der Waals surface area (Å²) in [5.41, 5.74) is 4.92. The Balaban J connectivity index is 1.73. The van der Waals surface area contributed by atoms with Crippen molar-refractivity contribution in [2.45, 2.75) is 31.2 Å². The summed E-state index contributed by atoms with van der Waals surface area (Å²) in [6, 6.07) is 12.7. The van der Waals surface area contributed by atoms with Gasteiger partial charge in [0.2, 0.25) is 10.0 Å². The number of rotatable bonds is 8. The predicted octanol–water partition coefficient (Wildman–Crippen LogP) is 2.91. The van der Waals surface area contributed by atoms with Crippen molar-refractivity contribution in [2.75, 3.05) is 12.0 Å². The fourth-order valence-electron chi connectivity index (χ4n) is 3.20. The van der Waals surface area contributed by atoms with E-state index in [0.29, 0.717) is 22.8 Å². The smallest absolute Gasteiger partial charge is 0.273 e. The third-order valence-corrected chi connectivity index (χ3v) is 6.95. The van der Waals surface area contributed by atoms with Gasteiger partial charge in [0.25, 0.3) is 11.8 Å². The SMILES string of the molecule is CSCC[C@H](NS(=O)(=O)c1ccc2ccccc2c1)C(=O)NNC(=O)c1cc(C)oc1C. The highest BCUT2D eigenvalue weighted by atomic mass is 32.2. The second-order valence-corrected chi connectivity index (χ2v) is 9.93. The average molecular weight is 476 g/mol. The van der Waals surface area contributed by atoms with E-state index in [1.807, 2.05) is 30.5 Å². The Kier molecular flexibility index (Phi) is 7.60. The molecule has 0 aliphatic rings. The number of nitrogens with one attached hydrogen (secondary N) is 3. The topological polar surface area (TPSA) is 118 Å². The lowest BCUT2D eigenvalue weighted by molar-refractivity contribution is -0.123. The molecular formula is C22H25N3O5S2. The zero-order chi connectivity index (χ0) is 23.3. The van der Waals surface area contributed by atoms with Crippen LogP contribution in [0.2, 0.25) is 0 Å². The molecule has 8 nitrogen and oxygen atoms in total. The summed E-state index contributed by atoms with van der Waals surface area (Å²) < 4.78 is 33.7. The summed E-state index contributed by atoms with van der Waals surface area (Å²) in [7, 11) is -3.97. The monoisotopic (exact) mass is 475 g/mol. The van der Waals surface area contributed by atoms with Gasteiger partial charge in [-0.15, -0.1) is 0 Å². The molecule has 0 saturated carbocycles. The minimum atomic E-state index is -3.97. The molecule has 0 aliphatic carbocycles. The maximum Gasteiger partial charge on any atom is 0.273 e. The van der Waals surface area contributed by atoms with Crippen LogP contribution in [0.25, 0.3) is 10.8 Å². The van der Waals surface area contributed by atoms with Gasteiger partial charge < -0.3 is 4.42 Å². The normalized spacial score (nSPS) is 12.5. The quantitative estimate of drug-likeness (QED) is 0.431. The van der Waals surface area contributed by atoms with E-state index >= 15 is 0 Å². The number of carbonyl (C=O) groups is 2. The zero-order valence-electron chi connectivity index (χ0n) is 18.0. The van der Waals surface area contributed by atoms with Crippen molar-refractivity contribution < 1.29 is 22.4 Å². The molecule has 0 fully saturated rings. The predicted molar refractivity (Wildman–Crippen MR) is 125 cm³/mol. The molecule has 0 aliphatic heterocycles. The molecule has 0 unspecified atom stereocenters. The molecular weight excluding hydrogens is 450 g/mol. The van der Waals surface area contributed by atoms with Crippen LogP contribution >= 0.6 is 11.8 Å². The van der Waals surface area contributed by atoms with E-state index in [0.717, 1.165) is 10.8 Å². The van der Waals surface area contributed by atoms with Crippen LogP contribution in [0.4, 0.5) is 0 Å². The molecule has 1 atom stereocenters. The van der Waals surface area contributed by atoms with Crippen molar-refractivity contribution in [1.29, 1.82) is 0 Å². The lowest BCUT2D eigenvalue weighted by atomic mass is 10.1. The van der Waals surface area contributed by atoms with Gasteiger partial charge >= 0.3 is 0 Å². The first-order valence-corrected chi connectivity index (χ1v) is 12.8. The molecule has 10 heteroatoms. The minimum Gasteiger partial charge on any atom is -0.466 e. The van der Waals surface area contributed by atoms with Crippen molar-refractivity contribution in [2.24, 2.45) is 0 Å². The number of benzene rings is 2. The number of fused-ring (bicyclic) bond motifs is 1. The number of hydrazine groups is 1. The van der Waals surface area contributed by atoms with Gasteiger partial charge in [0.05, 0.1) is 10.5 Å². The number of carbonyl (C=O) groups excluding carboxylic acids is 2. The minimum absolute atomic E-state index is 0.0617. The molecule has 170 valence electrons. The van der Waals surface area contributed by atoms with Crippen LogP contribution in [0.3, 0.4) is 0 Å². The zero-order valence-corrected chi connectivity index (χ0v) is 19.6. The second-order valence-electron chi connectivity index (χ2n) is 7.23. The molecule has 3 rings (SSSR count). The van der Waals surface area contributed by atoms with E-state index < -0.39 is 27.9 Å². The van der Waals surface area contributed by atoms with E-state index in [9.17, 15) is 18.0 Å². The summed E-state index contributed by atoms with van der Waals surface area (Å²) in [6.07, 6.45) is 2.11. The van der Waals surface area contributed by atoms with Crippen LogP contribution in [0.15, 0.2) is 57.8 Å². The van der Waals surface area contributed by atoms with Crippen LogP contribution in [0.1, 0.15) is 28.3 Å². The highest BCUT2D eigenvalue weighted by molar-refractivity contribution is 7.98. The first kappa shape index (κ1) is 23.8. The molecule has 0 spiro atoms. The van der Waals surface area contributed by atoms with Crippen LogP contribution < -0.4 is 15.6 Å². The van der Waals surface area contributed by atoms with Crippen LogP contribution in [0, 0.1) is 13.8 Å². The molecule has 0 saturated heterocycles. The summed E-state index contributed by atoms with van der Waals surface area (Å²) in [4.78, 5) is 25.1. The summed E-state index contributed by atoms with van der Waals surface area (Å²) >= 11 is 1.48. The highest BCUT2D eigenvalue weighted by Crippen LogP contribution is 2.19. The number of thioether (sulfide) groups is 1. The van der Waals surface area contributed by atoms with Gasteiger partial charge in [-0.05, 0) is 61.2 Å². The number of aryl methyl sites for hydroxylation is 2. The van der Waals surface area contributed by atoms with Crippen LogP contribution in [0.5, 0.6) is 0 Å². The Morgan fingerprint density at radius 1 is 1.03 bits per heavy atom. The van der Waals surface area contributed by atoms with Gasteiger partial charge in [0.1, 0.15) is 17.6 Å². The molecule has 3 aromatic rings. The Labute approximate surface area is 191 Å². The first-order chi connectivity index (χ1) is 15.2. The Morgan fingerprint density at radius 3 is 2.41 bits per heavy atom. The van der Waals surface area contributed by atoms with E-state index in [1.165, 1.54) is 17.8 Å². The molecule has 3 N–H and O–H groups in total. The molecule has 0 bridgehead atoms. The van der Waals surface area contributed by atoms with E-state index in [2.05, 4.69) is 15.6 Å². The maximum atomic E-state index is 13.0. The van der Waals surface area contributed by atoms with Crippen LogP contribution in [-0.2, 0) is 14.8 Å². The third kappa shape index (κ3) is 5.70. The average Bonchev–Trinajstić information content (AvgIpc) is 3.12. The molecule has 2 amide bonds. The molecule has 1 heterocycles. The Bertz CT molecular complexity index is 1240. The Hall–Kier alpha value is -2.82. The number of hydrogen-bond donors (Lipinski definition) is 3. The fourth-order valence-corrected chi connectivity index (χ4v) is 4.93. The Morgan fingerprint density at radius 2 is 1.75 bits per heavy atom. The molecule has 1 aromatic heterocycles. The highest BCUT2D eigenvalue weighted by Gasteiger charge is 2.26. The van der Waals surface area contributed by atoms with Gasteiger partial charge in [-0.1, -0.05) is 30.3 Å². The molecule has 32 heavy (non-hydrogen) atoms. The van der Waals surface area contributed by atoms with Crippen molar-refractivity contribution in [3.8, 4) is 0 Å². The van der Waals surface area contributed by atoms with Crippen molar-refractivity contribution in [3.63, 3.8) is 0 Å². The van der Waals surface area contributed by atoms with Crippen molar-refractivity contribution >= 4 is 44.4 Å². The first-order valence-electron chi connectivity index (χ1n) is 9.88. The van der Waals surface area contributed by atoms with E-state index in [-0.39, 0.29) is 11.3 Å². The number of sulfonamides is 1. The third-order valence-electron chi connectivity index (χ3n) is 4.84. The lowest BCUT2D eigenvalue weighted by Crippen LogP contribution is -2.52. The number of amides is 2. The van der Waals surface area contributed by atoms with E-state index in [1.54, 1.807) is 32.0 Å². The lowest BCUT2D eigenvalue weighted by Gasteiger charge is -2.18. The van der Waals surface area contributed by atoms with Crippen LogP contribution in [-0.4, -0.2) is 38.3 Å². The molecule has 0 radical (unpaired) electrons. The summed E-state index contributed by atoms with van der Waals surface area (Å²) in [5, 5.41) is 1.69. The van der Waals surface area contributed by atoms with Gasteiger partial charge in [0, 0.05) is 0 Å². The van der Waals surface area contributed by atoms with Gasteiger partial charge in [-0.2, -0.15) is 16.5 Å². The summed E-state index contributed by atoms with van der Waals surface area (Å²) in [6.45, 7) is 3.35. The molecule has 2 aromatic carbocycles. The van der Waals surface area contributed by atoms with E-state index in [4.69, 9.17) is 4.42 Å². The standard InChI is InChI=1S/C22H25N3O5S2/c1-14-12-19(15(2)30-14)21(26)23-24-22(27)20(10-11-31-3)25-32(28,29)18-9-8-16-6-4-5-7-17(16)13-18/h4-9,12-13,20,25H,10-11H2,1-3H3,(H,23,26)(H,24,27)/t20-/m0/s1.